The normalized spacial score (nSPS) is 32.8. The Morgan fingerprint density at radius 2 is 1.54 bits per heavy atom. The molecule has 0 N–H and O–H groups in total. The molecule has 1 fully saturated rings. The van der Waals surface area contributed by atoms with Crippen molar-refractivity contribution in [3.05, 3.63) is 0 Å². The van der Waals surface area contributed by atoms with Crippen LogP contribution in [0.4, 0.5) is 0 Å². The van der Waals surface area contributed by atoms with Crippen molar-refractivity contribution in [3.8, 4) is 0 Å². The van der Waals surface area contributed by atoms with Crippen molar-refractivity contribution in [3.63, 3.8) is 0 Å². The van der Waals surface area contributed by atoms with Crippen LogP contribution in [0.25, 0.3) is 0 Å². The predicted octanol–water partition coefficient (Wildman–Crippen LogP) is 4.35. The van der Waals surface area contributed by atoms with Gasteiger partial charge in [-0.1, -0.05) is 41.0 Å². The van der Waals surface area contributed by atoms with Gasteiger partial charge in [0.15, 0.2) is 0 Å². The molecule has 0 aromatic rings. The SMILES string of the molecule is CCC(C)C1CCC1C(C)C(C)C. The second-order valence-corrected chi connectivity index (χ2v) is 5.39. The fourth-order valence-electron chi connectivity index (χ4n) is 2.71. The summed E-state index contributed by atoms with van der Waals surface area (Å²) in [4.78, 5) is 0. The molecular formula is C13H26. The van der Waals surface area contributed by atoms with E-state index in [0.29, 0.717) is 0 Å². The van der Waals surface area contributed by atoms with E-state index in [2.05, 4.69) is 34.6 Å². The summed E-state index contributed by atoms with van der Waals surface area (Å²) in [7, 11) is 0. The highest BCUT2D eigenvalue weighted by Gasteiger charge is 2.38. The van der Waals surface area contributed by atoms with Crippen molar-refractivity contribution in [1.82, 2.24) is 0 Å². The highest BCUT2D eigenvalue weighted by atomic mass is 14.4. The maximum absolute atomic E-state index is 2.45. The second kappa shape index (κ2) is 4.48. The summed E-state index contributed by atoms with van der Waals surface area (Å²) in [6, 6.07) is 0. The van der Waals surface area contributed by atoms with Crippen LogP contribution in [0.15, 0.2) is 0 Å². The van der Waals surface area contributed by atoms with Crippen LogP contribution in [0.5, 0.6) is 0 Å². The van der Waals surface area contributed by atoms with Gasteiger partial charge in [0, 0.05) is 0 Å². The Morgan fingerprint density at radius 1 is 1.00 bits per heavy atom. The molecule has 1 aliphatic carbocycles. The summed E-state index contributed by atoms with van der Waals surface area (Å²) in [5.74, 6) is 4.85. The van der Waals surface area contributed by atoms with Crippen LogP contribution in [0.1, 0.15) is 53.9 Å². The van der Waals surface area contributed by atoms with Crippen LogP contribution in [-0.2, 0) is 0 Å². The zero-order chi connectivity index (χ0) is 10.0. The van der Waals surface area contributed by atoms with Gasteiger partial charge in [0.2, 0.25) is 0 Å². The van der Waals surface area contributed by atoms with E-state index in [1.807, 2.05) is 0 Å². The molecule has 0 heterocycles. The predicted molar refractivity (Wildman–Crippen MR) is 59.7 cm³/mol. The molecule has 4 unspecified atom stereocenters. The van der Waals surface area contributed by atoms with Crippen LogP contribution in [0.2, 0.25) is 0 Å². The third kappa shape index (κ3) is 2.27. The van der Waals surface area contributed by atoms with E-state index in [4.69, 9.17) is 0 Å². The Morgan fingerprint density at radius 3 is 1.85 bits per heavy atom. The molecule has 78 valence electrons. The Labute approximate surface area is 84.1 Å². The minimum atomic E-state index is 0.872. The largest absolute Gasteiger partial charge is 0.0651 e. The highest BCUT2D eigenvalue weighted by Crippen LogP contribution is 2.46. The monoisotopic (exact) mass is 182 g/mol. The lowest BCUT2D eigenvalue weighted by atomic mass is 9.60. The van der Waals surface area contributed by atoms with Gasteiger partial charge in [-0.05, 0) is 42.4 Å². The Kier molecular flexibility index (Phi) is 3.82. The summed E-state index contributed by atoms with van der Waals surface area (Å²) in [6.07, 6.45) is 4.36. The van der Waals surface area contributed by atoms with Crippen LogP contribution in [0.3, 0.4) is 0 Å². The van der Waals surface area contributed by atoms with Crippen molar-refractivity contribution in [2.24, 2.45) is 29.6 Å². The molecule has 1 saturated carbocycles. The first kappa shape index (κ1) is 11.1. The molecule has 0 nitrogen and oxygen atoms in total. The number of rotatable bonds is 4. The molecule has 0 bridgehead atoms. The molecule has 0 aromatic heterocycles. The first-order chi connectivity index (χ1) is 6.07. The van der Waals surface area contributed by atoms with Gasteiger partial charge in [-0.15, -0.1) is 0 Å². The van der Waals surface area contributed by atoms with Crippen LogP contribution < -0.4 is 0 Å². The van der Waals surface area contributed by atoms with Gasteiger partial charge < -0.3 is 0 Å². The van der Waals surface area contributed by atoms with E-state index in [1.165, 1.54) is 19.3 Å². The fourth-order valence-corrected chi connectivity index (χ4v) is 2.71. The topological polar surface area (TPSA) is 0 Å². The summed E-state index contributed by atoms with van der Waals surface area (Å²) in [6.45, 7) is 12.0. The third-order valence-electron chi connectivity index (χ3n) is 4.49. The summed E-state index contributed by atoms with van der Waals surface area (Å²) in [5.41, 5.74) is 0. The molecule has 0 aliphatic heterocycles. The minimum Gasteiger partial charge on any atom is -0.0651 e. The summed E-state index contributed by atoms with van der Waals surface area (Å²) in [5, 5.41) is 0. The van der Waals surface area contributed by atoms with Crippen molar-refractivity contribution in [2.75, 3.05) is 0 Å². The van der Waals surface area contributed by atoms with Crippen molar-refractivity contribution in [1.29, 1.82) is 0 Å². The Balaban J connectivity index is 2.44. The Hall–Kier alpha value is 0. The summed E-state index contributed by atoms with van der Waals surface area (Å²) >= 11 is 0. The van der Waals surface area contributed by atoms with Crippen molar-refractivity contribution < 1.29 is 0 Å². The van der Waals surface area contributed by atoms with E-state index in [1.54, 1.807) is 0 Å². The zero-order valence-corrected chi connectivity index (χ0v) is 10.0. The van der Waals surface area contributed by atoms with Gasteiger partial charge >= 0.3 is 0 Å². The second-order valence-electron chi connectivity index (χ2n) is 5.39. The van der Waals surface area contributed by atoms with Gasteiger partial charge in [0.25, 0.3) is 0 Å². The van der Waals surface area contributed by atoms with Crippen LogP contribution in [0, 0.1) is 29.6 Å². The number of hydrogen-bond acceptors (Lipinski definition) is 0. The molecule has 0 aromatic carbocycles. The maximum atomic E-state index is 2.45. The van der Waals surface area contributed by atoms with Crippen LogP contribution in [-0.4, -0.2) is 0 Å². The lowest BCUT2D eigenvalue weighted by Gasteiger charge is -2.45. The first-order valence-electron chi connectivity index (χ1n) is 6.07. The van der Waals surface area contributed by atoms with E-state index in [9.17, 15) is 0 Å². The third-order valence-corrected chi connectivity index (χ3v) is 4.49. The first-order valence-corrected chi connectivity index (χ1v) is 6.07. The average Bonchev–Trinajstić information content (AvgIpc) is 2.01. The smallest absolute Gasteiger partial charge is 0.0355 e. The van der Waals surface area contributed by atoms with Crippen molar-refractivity contribution in [2.45, 2.75) is 53.9 Å². The average molecular weight is 182 g/mol. The lowest BCUT2D eigenvalue weighted by molar-refractivity contribution is 0.0444. The van der Waals surface area contributed by atoms with Crippen molar-refractivity contribution >= 4 is 0 Å². The zero-order valence-electron chi connectivity index (χ0n) is 10.0. The van der Waals surface area contributed by atoms with Gasteiger partial charge in [0.05, 0.1) is 0 Å². The molecule has 0 radical (unpaired) electrons. The molecule has 0 heteroatoms. The minimum absolute atomic E-state index is 0.872. The summed E-state index contributed by atoms with van der Waals surface area (Å²) < 4.78 is 0. The molecule has 1 rings (SSSR count). The fraction of sp³-hybridized carbons (Fsp3) is 1.00. The molecule has 1 aliphatic rings. The highest BCUT2D eigenvalue weighted by molar-refractivity contribution is 4.87. The van der Waals surface area contributed by atoms with Gasteiger partial charge in [0.1, 0.15) is 0 Å². The molecule has 0 spiro atoms. The standard InChI is InChI=1S/C13H26/c1-6-10(4)12-7-8-13(12)11(5)9(2)3/h9-13H,6-8H2,1-5H3. The van der Waals surface area contributed by atoms with E-state index in [-0.39, 0.29) is 0 Å². The van der Waals surface area contributed by atoms with Gasteiger partial charge in [-0.2, -0.15) is 0 Å². The van der Waals surface area contributed by atoms with E-state index in [0.717, 1.165) is 29.6 Å². The molecule has 4 atom stereocenters. The van der Waals surface area contributed by atoms with Gasteiger partial charge in [-0.3, -0.25) is 0 Å². The molecule has 0 saturated heterocycles. The quantitative estimate of drug-likeness (QED) is 0.606. The maximum Gasteiger partial charge on any atom is -0.0355 e. The Bertz CT molecular complexity index is 148. The lowest BCUT2D eigenvalue weighted by Crippen LogP contribution is -2.37. The molecule has 0 amide bonds. The van der Waals surface area contributed by atoms with Gasteiger partial charge in [-0.25, -0.2) is 0 Å². The van der Waals surface area contributed by atoms with E-state index < -0.39 is 0 Å². The number of hydrogen-bond donors (Lipinski definition) is 0. The molecular weight excluding hydrogens is 156 g/mol. The van der Waals surface area contributed by atoms with E-state index >= 15 is 0 Å². The molecule has 13 heavy (non-hydrogen) atoms. The van der Waals surface area contributed by atoms with Crippen LogP contribution >= 0.6 is 0 Å².